The van der Waals surface area contributed by atoms with E-state index in [4.69, 9.17) is 0 Å². The number of pyridine rings is 2. The Morgan fingerprint density at radius 2 is 1.92 bits per heavy atom. The van der Waals surface area contributed by atoms with Crippen molar-refractivity contribution < 1.29 is 27.9 Å². The lowest BCUT2D eigenvalue weighted by molar-refractivity contribution is -0.179. The minimum Gasteiger partial charge on any atom is -0.465 e. The summed E-state index contributed by atoms with van der Waals surface area (Å²) in [5, 5.41) is 17.0. The van der Waals surface area contributed by atoms with Gasteiger partial charge in [-0.15, -0.1) is 10.2 Å². The van der Waals surface area contributed by atoms with Crippen molar-refractivity contribution in [2.24, 2.45) is 0 Å². The summed E-state index contributed by atoms with van der Waals surface area (Å²) >= 11 is 0. The number of halogens is 3. The second kappa shape index (κ2) is 9.20. The van der Waals surface area contributed by atoms with Crippen LogP contribution in [0.4, 0.5) is 29.6 Å². The fraction of sp³-hybridized carbons (Fsp3) is 0.440. The van der Waals surface area contributed by atoms with Crippen molar-refractivity contribution in [1.29, 1.82) is 0 Å². The third-order valence-electron chi connectivity index (χ3n) is 7.34. The minimum absolute atomic E-state index is 0.0331. The molecule has 1 N–H and O–H groups in total. The SMILES string of the molecule is CC(C)N(C)c1cc2c(c(CN(C)C(=O)O)n1)CN(c1cccc(-c3nncn3C3(C(F)(F)F)CC3)n1)C2=O. The average molecular weight is 545 g/mol. The van der Waals surface area contributed by atoms with Crippen molar-refractivity contribution in [3.05, 3.63) is 47.4 Å². The number of carbonyl (C=O) groups excluding carboxylic acids is 1. The molecular formula is C25H27F3N8O3. The standard InChI is InChI=1S/C25H27F3N8O3/c1-14(2)34(4)20-10-15-16(18(31-20)12-33(3)23(38)39)11-35(22(15)37)19-7-5-6-17(30-19)21-32-29-13-36(21)24(8-9-24)25(26,27)28/h5-7,10,13-14H,8-9,11-12H2,1-4H3,(H,38,39). The van der Waals surface area contributed by atoms with Crippen LogP contribution in [0.3, 0.4) is 0 Å². The maximum Gasteiger partial charge on any atom is 0.412 e. The van der Waals surface area contributed by atoms with E-state index in [0.29, 0.717) is 22.6 Å². The summed E-state index contributed by atoms with van der Waals surface area (Å²) in [6, 6.07) is 6.44. The number of carbonyl (C=O) groups is 2. The van der Waals surface area contributed by atoms with Crippen LogP contribution in [0, 0.1) is 0 Å². The lowest BCUT2D eigenvalue weighted by atomic mass is 10.1. The summed E-state index contributed by atoms with van der Waals surface area (Å²) in [5.74, 6) is 0.327. The van der Waals surface area contributed by atoms with E-state index in [1.807, 2.05) is 25.8 Å². The number of anilines is 2. The molecule has 1 fully saturated rings. The molecule has 14 heteroatoms. The number of hydrogen-bond acceptors (Lipinski definition) is 7. The molecule has 0 bridgehead atoms. The highest BCUT2D eigenvalue weighted by molar-refractivity contribution is 6.10. The van der Waals surface area contributed by atoms with Gasteiger partial charge in [0.15, 0.2) is 5.82 Å². The van der Waals surface area contributed by atoms with Crippen molar-refractivity contribution in [1.82, 2.24) is 29.6 Å². The molecule has 0 unspecified atom stereocenters. The lowest BCUT2D eigenvalue weighted by Gasteiger charge is -2.24. The van der Waals surface area contributed by atoms with E-state index < -0.39 is 17.8 Å². The smallest absolute Gasteiger partial charge is 0.412 e. The number of fused-ring (bicyclic) bond motifs is 1. The molecule has 2 aliphatic rings. The highest BCUT2D eigenvalue weighted by Gasteiger charge is 2.65. The van der Waals surface area contributed by atoms with E-state index in [1.165, 1.54) is 18.0 Å². The van der Waals surface area contributed by atoms with Crippen LogP contribution in [0.25, 0.3) is 11.5 Å². The fourth-order valence-electron chi connectivity index (χ4n) is 4.61. The molecule has 1 aliphatic heterocycles. The van der Waals surface area contributed by atoms with Gasteiger partial charge >= 0.3 is 12.3 Å². The Balaban J connectivity index is 1.52. The number of carboxylic acid groups (broad SMARTS) is 1. The Hall–Kier alpha value is -4.23. The van der Waals surface area contributed by atoms with Gasteiger partial charge in [-0.25, -0.2) is 14.8 Å². The first kappa shape index (κ1) is 26.4. The topological polar surface area (TPSA) is 121 Å². The summed E-state index contributed by atoms with van der Waals surface area (Å²) < 4.78 is 42.4. The van der Waals surface area contributed by atoms with Gasteiger partial charge in [-0.05, 0) is 44.9 Å². The van der Waals surface area contributed by atoms with Gasteiger partial charge < -0.3 is 14.9 Å². The van der Waals surface area contributed by atoms with E-state index in [1.54, 1.807) is 18.2 Å². The molecule has 1 aliphatic carbocycles. The zero-order chi connectivity index (χ0) is 28.3. The Morgan fingerprint density at radius 3 is 2.54 bits per heavy atom. The zero-order valence-electron chi connectivity index (χ0n) is 21.8. The van der Waals surface area contributed by atoms with Crippen LogP contribution in [0.2, 0.25) is 0 Å². The van der Waals surface area contributed by atoms with Crippen LogP contribution < -0.4 is 9.80 Å². The Labute approximate surface area is 221 Å². The second-order valence-electron chi connectivity index (χ2n) is 10.1. The molecular weight excluding hydrogens is 517 g/mol. The van der Waals surface area contributed by atoms with E-state index in [0.717, 1.165) is 15.8 Å². The van der Waals surface area contributed by atoms with Gasteiger partial charge in [0.2, 0.25) is 0 Å². The first-order chi connectivity index (χ1) is 18.3. The van der Waals surface area contributed by atoms with Gasteiger partial charge in [-0.2, -0.15) is 13.2 Å². The number of alkyl halides is 3. The molecule has 0 radical (unpaired) electrons. The number of aromatic nitrogens is 5. The zero-order valence-corrected chi connectivity index (χ0v) is 21.8. The predicted molar refractivity (Wildman–Crippen MR) is 134 cm³/mol. The molecule has 11 nitrogen and oxygen atoms in total. The molecule has 0 spiro atoms. The van der Waals surface area contributed by atoms with Crippen molar-refractivity contribution in [3.63, 3.8) is 0 Å². The number of amides is 2. The Kier molecular flexibility index (Phi) is 6.23. The van der Waals surface area contributed by atoms with Crippen LogP contribution in [-0.2, 0) is 18.6 Å². The van der Waals surface area contributed by atoms with Crippen LogP contribution in [0.1, 0.15) is 48.3 Å². The maximum atomic E-state index is 13.8. The molecule has 5 rings (SSSR count). The van der Waals surface area contributed by atoms with Gasteiger partial charge in [-0.3, -0.25) is 14.3 Å². The summed E-state index contributed by atoms with van der Waals surface area (Å²) in [6.07, 6.45) is -4.70. The molecule has 2 amide bonds. The summed E-state index contributed by atoms with van der Waals surface area (Å²) in [4.78, 5) is 38.6. The molecule has 1 saturated carbocycles. The van der Waals surface area contributed by atoms with Gasteiger partial charge in [0, 0.05) is 25.7 Å². The van der Waals surface area contributed by atoms with Gasteiger partial charge in [-0.1, -0.05) is 6.07 Å². The first-order valence-corrected chi connectivity index (χ1v) is 12.3. The van der Waals surface area contributed by atoms with Crippen molar-refractivity contribution >= 4 is 23.6 Å². The molecule has 0 saturated heterocycles. The molecule has 4 heterocycles. The molecule has 0 atom stereocenters. The summed E-state index contributed by atoms with van der Waals surface area (Å²) in [5.41, 5.74) is -0.538. The van der Waals surface area contributed by atoms with Crippen molar-refractivity contribution in [2.45, 2.75) is 57.5 Å². The predicted octanol–water partition coefficient (Wildman–Crippen LogP) is 3.90. The van der Waals surface area contributed by atoms with Crippen LogP contribution in [-0.4, -0.2) is 73.1 Å². The number of nitrogens with zero attached hydrogens (tertiary/aromatic N) is 8. The largest absolute Gasteiger partial charge is 0.465 e. The third-order valence-corrected chi connectivity index (χ3v) is 7.34. The molecule has 3 aromatic rings. The molecule has 206 valence electrons. The summed E-state index contributed by atoms with van der Waals surface area (Å²) in [7, 11) is 3.24. The highest BCUT2D eigenvalue weighted by atomic mass is 19.4. The maximum absolute atomic E-state index is 13.8. The van der Waals surface area contributed by atoms with Crippen molar-refractivity contribution in [3.8, 4) is 11.5 Å². The fourth-order valence-corrected chi connectivity index (χ4v) is 4.61. The minimum atomic E-state index is -4.47. The highest BCUT2D eigenvalue weighted by Crippen LogP contribution is 2.56. The number of rotatable bonds is 7. The lowest BCUT2D eigenvalue weighted by Crippen LogP contribution is -2.35. The molecule has 3 aromatic heterocycles. The van der Waals surface area contributed by atoms with Gasteiger partial charge in [0.05, 0.1) is 24.3 Å². The van der Waals surface area contributed by atoms with E-state index in [9.17, 15) is 27.9 Å². The van der Waals surface area contributed by atoms with Crippen LogP contribution in [0.15, 0.2) is 30.6 Å². The molecule has 0 aromatic carbocycles. The quantitative estimate of drug-likeness (QED) is 0.476. The number of hydrogen-bond donors (Lipinski definition) is 1. The van der Waals surface area contributed by atoms with Gasteiger partial charge in [0.25, 0.3) is 5.91 Å². The van der Waals surface area contributed by atoms with Crippen molar-refractivity contribution in [2.75, 3.05) is 23.9 Å². The third kappa shape index (κ3) is 4.42. The van der Waals surface area contributed by atoms with E-state index in [2.05, 4.69) is 20.2 Å². The monoisotopic (exact) mass is 544 g/mol. The average Bonchev–Trinajstić information content (AvgIpc) is 3.44. The first-order valence-electron chi connectivity index (χ1n) is 12.3. The Bertz CT molecular complexity index is 1450. The Morgan fingerprint density at radius 1 is 1.21 bits per heavy atom. The summed E-state index contributed by atoms with van der Waals surface area (Å²) in [6.45, 7) is 3.97. The van der Waals surface area contributed by atoms with Gasteiger partial charge in [0.1, 0.15) is 29.2 Å². The molecule has 39 heavy (non-hydrogen) atoms. The second-order valence-corrected chi connectivity index (χ2v) is 10.1. The van der Waals surface area contributed by atoms with E-state index in [-0.39, 0.29) is 55.2 Å². The van der Waals surface area contributed by atoms with Crippen LogP contribution in [0.5, 0.6) is 0 Å². The normalized spacial score (nSPS) is 16.0. The van der Waals surface area contributed by atoms with Crippen LogP contribution >= 0.6 is 0 Å². The van der Waals surface area contributed by atoms with E-state index >= 15 is 0 Å².